The van der Waals surface area contributed by atoms with Crippen molar-refractivity contribution >= 4 is 23.4 Å². The summed E-state index contributed by atoms with van der Waals surface area (Å²) in [5.41, 5.74) is 1.77. The van der Waals surface area contributed by atoms with Gasteiger partial charge in [0.15, 0.2) is 0 Å². The van der Waals surface area contributed by atoms with Crippen LogP contribution in [0, 0.1) is 5.92 Å². The minimum absolute atomic E-state index is 0.0157. The van der Waals surface area contributed by atoms with Crippen molar-refractivity contribution in [1.82, 2.24) is 10.2 Å². The summed E-state index contributed by atoms with van der Waals surface area (Å²) < 4.78 is 5.19. The molecule has 29 heavy (non-hydrogen) atoms. The Morgan fingerprint density at radius 3 is 2.52 bits per heavy atom. The first-order valence-corrected chi connectivity index (χ1v) is 10.4. The Bertz CT molecular complexity index is 830. The summed E-state index contributed by atoms with van der Waals surface area (Å²) in [5.74, 6) is 1.19. The molecule has 0 spiro atoms. The highest BCUT2D eigenvalue weighted by molar-refractivity contribution is 6.30. The molecule has 1 fully saturated rings. The van der Waals surface area contributed by atoms with Crippen LogP contribution in [0.1, 0.15) is 35.2 Å². The molecule has 3 rings (SSSR count). The third-order valence-corrected chi connectivity index (χ3v) is 5.69. The molecule has 1 N–H and O–H groups in total. The molecule has 1 heterocycles. The normalized spacial score (nSPS) is 14.5. The van der Waals surface area contributed by atoms with E-state index in [1.165, 1.54) is 5.56 Å². The first-order chi connectivity index (χ1) is 14.0. The lowest BCUT2D eigenvalue weighted by Crippen LogP contribution is -2.44. The fraction of sp³-hybridized carbons (Fsp3) is 0.391. The second kappa shape index (κ2) is 10.3. The van der Waals surface area contributed by atoms with Crippen LogP contribution < -0.4 is 10.1 Å². The number of rotatable bonds is 7. The van der Waals surface area contributed by atoms with E-state index in [4.69, 9.17) is 16.3 Å². The van der Waals surface area contributed by atoms with Gasteiger partial charge in [0.2, 0.25) is 5.91 Å². The van der Waals surface area contributed by atoms with Gasteiger partial charge in [-0.3, -0.25) is 9.59 Å². The number of hydrogen-bond acceptors (Lipinski definition) is 3. The molecule has 1 aliphatic heterocycles. The number of benzene rings is 2. The first-order valence-electron chi connectivity index (χ1n) is 9.99. The molecule has 1 saturated heterocycles. The molecule has 0 atom stereocenters. The van der Waals surface area contributed by atoms with Crippen LogP contribution in [-0.4, -0.2) is 43.5 Å². The van der Waals surface area contributed by atoms with E-state index in [0.29, 0.717) is 16.5 Å². The third kappa shape index (κ3) is 6.23. The number of amides is 2. The predicted molar refractivity (Wildman–Crippen MR) is 114 cm³/mol. The number of piperidine rings is 1. The third-order valence-electron chi connectivity index (χ3n) is 5.45. The SMILES string of the molecule is COc1ccc(CCC2CCN(C(=O)CNC(=O)c3cccc(Cl)c3)CC2)cc1. The number of carbonyl (C=O) groups is 2. The molecule has 6 heteroatoms. The molecule has 1 aliphatic rings. The average Bonchev–Trinajstić information content (AvgIpc) is 2.76. The number of aryl methyl sites for hydroxylation is 1. The van der Waals surface area contributed by atoms with Crippen molar-refractivity contribution in [3.05, 3.63) is 64.7 Å². The smallest absolute Gasteiger partial charge is 0.251 e. The van der Waals surface area contributed by atoms with Crippen LogP contribution in [-0.2, 0) is 11.2 Å². The summed E-state index contributed by atoms with van der Waals surface area (Å²) in [6, 6.07) is 14.9. The molecule has 0 radical (unpaired) electrons. The molecular weight excluding hydrogens is 388 g/mol. The number of hydrogen-bond donors (Lipinski definition) is 1. The van der Waals surface area contributed by atoms with E-state index in [-0.39, 0.29) is 18.4 Å². The van der Waals surface area contributed by atoms with Gasteiger partial charge in [-0.15, -0.1) is 0 Å². The molecule has 2 aromatic rings. The lowest BCUT2D eigenvalue weighted by atomic mass is 9.90. The van der Waals surface area contributed by atoms with Gasteiger partial charge in [0.05, 0.1) is 13.7 Å². The average molecular weight is 415 g/mol. The second-order valence-electron chi connectivity index (χ2n) is 7.40. The Morgan fingerprint density at radius 1 is 1.14 bits per heavy atom. The molecule has 0 saturated carbocycles. The van der Waals surface area contributed by atoms with Crippen LogP contribution in [0.2, 0.25) is 5.02 Å². The fourth-order valence-electron chi connectivity index (χ4n) is 3.63. The first kappa shape index (κ1) is 21.2. The standard InChI is InChI=1S/C23H27ClN2O3/c1-29-21-9-7-17(8-10-21)5-6-18-11-13-26(14-12-18)22(27)16-25-23(28)19-3-2-4-20(24)15-19/h2-4,7-10,15,18H,5-6,11-14,16H2,1H3,(H,25,28). The lowest BCUT2D eigenvalue weighted by molar-refractivity contribution is -0.131. The van der Waals surface area contributed by atoms with Crippen molar-refractivity contribution in [3.8, 4) is 5.75 Å². The van der Waals surface area contributed by atoms with E-state index in [1.54, 1.807) is 31.4 Å². The van der Waals surface area contributed by atoms with Crippen molar-refractivity contribution in [2.24, 2.45) is 5.92 Å². The number of ether oxygens (including phenoxy) is 1. The van der Waals surface area contributed by atoms with E-state index in [0.717, 1.165) is 44.5 Å². The van der Waals surface area contributed by atoms with Gasteiger partial charge >= 0.3 is 0 Å². The number of methoxy groups -OCH3 is 1. The molecular formula is C23H27ClN2O3. The van der Waals surface area contributed by atoms with Crippen molar-refractivity contribution in [2.75, 3.05) is 26.7 Å². The second-order valence-corrected chi connectivity index (χ2v) is 7.84. The molecule has 154 valence electrons. The molecule has 0 aliphatic carbocycles. The maximum absolute atomic E-state index is 12.4. The molecule has 5 nitrogen and oxygen atoms in total. The van der Waals surface area contributed by atoms with Crippen LogP contribution in [0.25, 0.3) is 0 Å². The topological polar surface area (TPSA) is 58.6 Å². The number of nitrogens with zero attached hydrogens (tertiary/aromatic N) is 1. The van der Waals surface area contributed by atoms with Crippen LogP contribution >= 0.6 is 11.6 Å². The Kier molecular flexibility index (Phi) is 7.53. The van der Waals surface area contributed by atoms with Crippen molar-refractivity contribution in [1.29, 1.82) is 0 Å². The van der Waals surface area contributed by atoms with Crippen LogP contribution in [0.3, 0.4) is 0 Å². The quantitative estimate of drug-likeness (QED) is 0.746. The summed E-state index contributed by atoms with van der Waals surface area (Å²) in [6.45, 7) is 1.51. The van der Waals surface area contributed by atoms with Gasteiger partial charge in [-0.2, -0.15) is 0 Å². The highest BCUT2D eigenvalue weighted by Crippen LogP contribution is 2.23. The van der Waals surface area contributed by atoms with E-state index in [1.807, 2.05) is 17.0 Å². The maximum Gasteiger partial charge on any atom is 0.251 e. The zero-order valence-corrected chi connectivity index (χ0v) is 17.5. The molecule has 0 bridgehead atoms. The number of halogens is 1. The number of carbonyl (C=O) groups excluding carboxylic acids is 2. The highest BCUT2D eigenvalue weighted by Gasteiger charge is 2.23. The zero-order chi connectivity index (χ0) is 20.6. The van der Waals surface area contributed by atoms with Gasteiger partial charge in [-0.1, -0.05) is 29.8 Å². The van der Waals surface area contributed by atoms with Crippen molar-refractivity contribution < 1.29 is 14.3 Å². The summed E-state index contributed by atoms with van der Waals surface area (Å²) in [5, 5.41) is 3.19. The van der Waals surface area contributed by atoms with Gasteiger partial charge in [-0.05, 0) is 67.5 Å². The summed E-state index contributed by atoms with van der Waals surface area (Å²) in [4.78, 5) is 26.4. The largest absolute Gasteiger partial charge is 0.497 e. The Hall–Kier alpha value is -2.53. The lowest BCUT2D eigenvalue weighted by Gasteiger charge is -2.32. The van der Waals surface area contributed by atoms with Gasteiger partial charge in [0.1, 0.15) is 5.75 Å². The minimum atomic E-state index is -0.282. The van der Waals surface area contributed by atoms with Gasteiger partial charge in [-0.25, -0.2) is 0 Å². The predicted octanol–water partition coefficient (Wildman–Crippen LogP) is 3.95. The van der Waals surface area contributed by atoms with E-state index in [9.17, 15) is 9.59 Å². The Morgan fingerprint density at radius 2 is 1.86 bits per heavy atom. The summed E-state index contributed by atoms with van der Waals surface area (Å²) >= 11 is 5.90. The molecule has 0 unspecified atom stereocenters. The van der Waals surface area contributed by atoms with Crippen molar-refractivity contribution in [2.45, 2.75) is 25.7 Å². The molecule has 2 amide bonds. The Balaban J connectivity index is 1.38. The summed E-state index contributed by atoms with van der Waals surface area (Å²) in [6.07, 6.45) is 4.17. The van der Waals surface area contributed by atoms with Gasteiger partial charge in [0.25, 0.3) is 5.91 Å². The van der Waals surface area contributed by atoms with Gasteiger partial charge in [0, 0.05) is 23.7 Å². The summed E-state index contributed by atoms with van der Waals surface area (Å²) in [7, 11) is 1.67. The number of likely N-dealkylation sites (tertiary alicyclic amines) is 1. The monoisotopic (exact) mass is 414 g/mol. The highest BCUT2D eigenvalue weighted by atomic mass is 35.5. The van der Waals surface area contributed by atoms with Crippen LogP contribution in [0.15, 0.2) is 48.5 Å². The fourth-order valence-corrected chi connectivity index (χ4v) is 3.82. The Labute approximate surface area is 177 Å². The molecule has 2 aromatic carbocycles. The maximum atomic E-state index is 12.4. The van der Waals surface area contributed by atoms with E-state index >= 15 is 0 Å². The molecule has 0 aromatic heterocycles. The van der Waals surface area contributed by atoms with Crippen molar-refractivity contribution in [3.63, 3.8) is 0 Å². The van der Waals surface area contributed by atoms with E-state index < -0.39 is 0 Å². The van der Waals surface area contributed by atoms with Crippen LogP contribution in [0.5, 0.6) is 5.75 Å². The zero-order valence-electron chi connectivity index (χ0n) is 16.7. The van der Waals surface area contributed by atoms with E-state index in [2.05, 4.69) is 17.4 Å². The van der Waals surface area contributed by atoms with Gasteiger partial charge < -0.3 is 15.0 Å². The number of nitrogens with one attached hydrogen (secondary N) is 1. The van der Waals surface area contributed by atoms with Crippen LogP contribution in [0.4, 0.5) is 0 Å². The minimum Gasteiger partial charge on any atom is -0.497 e.